The molecule has 5 rings (SSSR count). The minimum atomic E-state index is 0.567. The lowest BCUT2D eigenvalue weighted by Crippen LogP contribution is -2.36. The van der Waals surface area contributed by atoms with Crippen molar-refractivity contribution in [1.29, 1.82) is 0 Å². The van der Waals surface area contributed by atoms with E-state index < -0.39 is 0 Å². The Hall–Kier alpha value is -3.42. The largest absolute Gasteiger partial charge is 0.380 e. The van der Waals surface area contributed by atoms with Crippen molar-refractivity contribution >= 4 is 28.4 Å². The van der Waals surface area contributed by atoms with E-state index in [9.17, 15) is 0 Å². The molecule has 4 aromatic rings. The van der Waals surface area contributed by atoms with E-state index in [0.29, 0.717) is 12.6 Å². The molecule has 1 N–H and O–H groups in total. The number of hydrogen-bond acceptors (Lipinski definition) is 6. The van der Waals surface area contributed by atoms with Crippen LogP contribution in [-0.2, 0) is 16.1 Å². The van der Waals surface area contributed by atoms with Crippen molar-refractivity contribution in [3.8, 4) is 5.69 Å². The number of methoxy groups -OCH3 is 1. The third kappa shape index (κ3) is 4.23. The molecule has 31 heavy (non-hydrogen) atoms. The van der Waals surface area contributed by atoms with Gasteiger partial charge < -0.3 is 24.3 Å². The van der Waals surface area contributed by atoms with E-state index in [0.717, 1.165) is 54.3 Å². The summed E-state index contributed by atoms with van der Waals surface area (Å²) < 4.78 is 12.7. The van der Waals surface area contributed by atoms with Crippen molar-refractivity contribution in [3.05, 3.63) is 72.6 Å². The summed E-state index contributed by atoms with van der Waals surface area (Å²) in [4.78, 5) is 11.6. The van der Waals surface area contributed by atoms with Gasteiger partial charge in [-0.05, 0) is 48.0 Å². The van der Waals surface area contributed by atoms with Gasteiger partial charge in [0.05, 0.1) is 19.8 Å². The zero-order valence-electron chi connectivity index (χ0n) is 17.5. The summed E-state index contributed by atoms with van der Waals surface area (Å²) in [5.74, 6) is 0.567. The number of benzene rings is 2. The minimum Gasteiger partial charge on any atom is -0.380 e. The van der Waals surface area contributed by atoms with Gasteiger partial charge in [0, 0.05) is 55.0 Å². The van der Waals surface area contributed by atoms with Crippen LogP contribution in [0.4, 0.5) is 17.3 Å². The number of hydrogen-bond donors (Lipinski definition) is 1. The molecule has 1 aliphatic rings. The van der Waals surface area contributed by atoms with Crippen LogP contribution in [-0.4, -0.2) is 47.9 Å². The highest BCUT2D eigenvalue weighted by Gasteiger charge is 2.12. The van der Waals surface area contributed by atoms with E-state index in [-0.39, 0.29) is 0 Å². The molecule has 2 aromatic carbocycles. The topological polar surface area (TPSA) is 64.4 Å². The Labute approximate surface area is 181 Å². The Kier molecular flexibility index (Phi) is 5.52. The Morgan fingerprint density at radius 2 is 1.71 bits per heavy atom. The highest BCUT2D eigenvalue weighted by Crippen LogP contribution is 2.24. The number of nitrogens with one attached hydrogen (secondary N) is 1. The molecule has 2 aromatic heterocycles. The first-order valence-corrected chi connectivity index (χ1v) is 10.4. The molecule has 0 saturated carbocycles. The fourth-order valence-electron chi connectivity index (χ4n) is 3.81. The van der Waals surface area contributed by atoms with Crippen LogP contribution in [0.25, 0.3) is 16.7 Å². The van der Waals surface area contributed by atoms with Gasteiger partial charge in [0.15, 0.2) is 0 Å². The number of anilines is 3. The first-order valence-electron chi connectivity index (χ1n) is 10.4. The predicted octanol–water partition coefficient (Wildman–Crippen LogP) is 4.15. The first-order chi connectivity index (χ1) is 15.3. The van der Waals surface area contributed by atoms with Crippen LogP contribution < -0.4 is 10.2 Å². The van der Waals surface area contributed by atoms with Crippen molar-refractivity contribution in [1.82, 2.24) is 14.5 Å². The summed E-state index contributed by atoms with van der Waals surface area (Å²) in [5, 5.41) is 4.29. The molecule has 0 spiro atoms. The van der Waals surface area contributed by atoms with Gasteiger partial charge in [0.2, 0.25) is 5.95 Å². The second-order valence-electron chi connectivity index (χ2n) is 7.53. The quantitative estimate of drug-likeness (QED) is 0.510. The SMILES string of the molecule is COCc1ccc(Nc2ncc3ccn(-c4ccc(N5CCOCC5)cc4)c3n2)cc1. The Bertz CT molecular complexity index is 1150. The molecule has 1 saturated heterocycles. The summed E-state index contributed by atoms with van der Waals surface area (Å²) in [5.41, 5.74) is 5.22. The second-order valence-corrected chi connectivity index (χ2v) is 7.53. The highest BCUT2D eigenvalue weighted by molar-refractivity contribution is 5.79. The van der Waals surface area contributed by atoms with Crippen LogP contribution in [0.15, 0.2) is 67.0 Å². The van der Waals surface area contributed by atoms with Crippen molar-refractivity contribution in [2.45, 2.75) is 6.61 Å². The third-order valence-corrected chi connectivity index (χ3v) is 5.45. The number of aromatic nitrogens is 3. The molecule has 7 nitrogen and oxygen atoms in total. The molecule has 3 heterocycles. The second kappa shape index (κ2) is 8.75. The van der Waals surface area contributed by atoms with Gasteiger partial charge in [-0.2, -0.15) is 4.98 Å². The minimum absolute atomic E-state index is 0.567. The summed E-state index contributed by atoms with van der Waals surface area (Å²) in [6, 6.07) is 18.7. The van der Waals surface area contributed by atoms with Gasteiger partial charge in [-0.25, -0.2) is 4.98 Å². The molecule has 0 atom stereocenters. The van der Waals surface area contributed by atoms with Gasteiger partial charge in [0.1, 0.15) is 5.65 Å². The van der Waals surface area contributed by atoms with Gasteiger partial charge in [-0.3, -0.25) is 0 Å². The summed E-state index contributed by atoms with van der Waals surface area (Å²) in [6.45, 7) is 4.03. The molecule has 1 aliphatic heterocycles. The van der Waals surface area contributed by atoms with E-state index in [1.807, 2.05) is 42.7 Å². The van der Waals surface area contributed by atoms with Crippen molar-refractivity contribution < 1.29 is 9.47 Å². The van der Waals surface area contributed by atoms with E-state index in [4.69, 9.17) is 14.5 Å². The maximum atomic E-state index is 5.45. The molecular formula is C24H25N5O2. The molecule has 1 fully saturated rings. The molecule has 0 unspecified atom stereocenters. The van der Waals surface area contributed by atoms with Crippen molar-refractivity contribution in [2.75, 3.05) is 43.6 Å². The lowest BCUT2D eigenvalue weighted by Gasteiger charge is -2.28. The molecule has 0 bridgehead atoms. The molecule has 158 valence electrons. The normalized spacial score (nSPS) is 14.2. The van der Waals surface area contributed by atoms with Crippen molar-refractivity contribution in [2.24, 2.45) is 0 Å². The predicted molar refractivity (Wildman–Crippen MR) is 122 cm³/mol. The van der Waals surface area contributed by atoms with Gasteiger partial charge in [0.25, 0.3) is 0 Å². The van der Waals surface area contributed by atoms with Crippen LogP contribution in [0.3, 0.4) is 0 Å². The zero-order chi connectivity index (χ0) is 21.0. The monoisotopic (exact) mass is 415 g/mol. The Balaban J connectivity index is 1.38. The van der Waals surface area contributed by atoms with Crippen molar-refractivity contribution in [3.63, 3.8) is 0 Å². The maximum absolute atomic E-state index is 5.45. The van der Waals surface area contributed by atoms with Crippen LogP contribution in [0.1, 0.15) is 5.56 Å². The van der Waals surface area contributed by atoms with E-state index >= 15 is 0 Å². The van der Waals surface area contributed by atoms with Crippen LogP contribution >= 0.6 is 0 Å². The Morgan fingerprint density at radius 1 is 0.968 bits per heavy atom. The van der Waals surface area contributed by atoms with Crippen LogP contribution in [0.2, 0.25) is 0 Å². The number of rotatable bonds is 6. The molecule has 7 heteroatoms. The summed E-state index contributed by atoms with van der Waals surface area (Å²) >= 11 is 0. The number of nitrogens with zero attached hydrogens (tertiary/aromatic N) is 4. The standard InChI is InChI=1S/C24H25N5O2/c1-30-17-18-2-4-20(5-3-18)26-24-25-16-19-10-11-29(23(19)27-24)22-8-6-21(7-9-22)28-12-14-31-15-13-28/h2-11,16H,12-15,17H2,1H3,(H,25,26,27). The lowest BCUT2D eigenvalue weighted by atomic mass is 10.2. The van der Waals surface area contributed by atoms with E-state index in [2.05, 4.69) is 44.0 Å². The van der Waals surface area contributed by atoms with Gasteiger partial charge in [-0.1, -0.05) is 12.1 Å². The lowest BCUT2D eigenvalue weighted by molar-refractivity contribution is 0.122. The fourth-order valence-corrected chi connectivity index (χ4v) is 3.81. The Morgan fingerprint density at radius 3 is 2.45 bits per heavy atom. The number of morpholine rings is 1. The van der Waals surface area contributed by atoms with E-state index in [1.54, 1.807) is 7.11 Å². The zero-order valence-corrected chi connectivity index (χ0v) is 17.5. The van der Waals surface area contributed by atoms with Crippen LogP contribution in [0, 0.1) is 0 Å². The average Bonchev–Trinajstić information content (AvgIpc) is 3.25. The average molecular weight is 415 g/mol. The molecule has 0 aliphatic carbocycles. The number of ether oxygens (including phenoxy) is 2. The summed E-state index contributed by atoms with van der Waals surface area (Å²) in [7, 11) is 1.69. The maximum Gasteiger partial charge on any atom is 0.229 e. The smallest absolute Gasteiger partial charge is 0.229 e. The third-order valence-electron chi connectivity index (χ3n) is 5.45. The van der Waals surface area contributed by atoms with E-state index in [1.165, 1.54) is 5.69 Å². The number of fused-ring (bicyclic) bond motifs is 1. The molecule has 0 radical (unpaired) electrons. The highest BCUT2D eigenvalue weighted by atomic mass is 16.5. The molecular weight excluding hydrogens is 390 g/mol. The fraction of sp³-hybridized carbons (Fsp3) is 0.250. The van der Waals surface area contributed by atoms with Gasteiger partial charge >= 0.3 is 0 Å². The first kappa shape index (κ1) is 19.5. The van der Waals surface area contributed by atoms with Gasteiger partial charge in [-0.15, -0.1) is 0 Å². The molecule has 0 amide bonds. The summed E-state index contributed by atoms with van der Waals surface area (Å²) in [6.07, 6.45) is 3.88. The van der Waals surface area contributed by atoms with Crippen LogP contribution in [0.5, 0.6) is 0 Å².